The number of benzene rings is 1. The topological polar surface area (TPSA) is 91.4 Å². The number of halogens is 3. The molecule has 178 valence electrons. The average molecular weight is 474 g/mol. The lowest BCUT2D eigenvalue weighted by atomic mass is 10.1. The first-order valence-electron chi connectivity index (χ1n) is 10.8. The number of nitrogens with one attached hydrogen (secondary N) is 1. The smallest absolute Gasteiger partial charge is 0.421 e. The predicted molar refractivity (Wildman–Crippen MR) is 115 cm³/mol. The lowest BCUT2D eigenvalue weighted by Crippen LogP contribution is -2.32. The molecule has 0 saturated carbocycles. The van der Waals surface area contributed by atoms with Crippen molar-refractivity contribution in [3.63, 3.8) is 0 Å². The maximum Gasteiger partial charge on any atom is 0.421 e. The molecule has 8 nitrogen and oxygen atoms in total. The van der Waals surface area contributed by atoms with Crippen LogP contribution in [-0.2, 0) is 28.6 Å². The van der Waals surface area contributed by atoms with Gasteiger partial charge in [0, 0.05) is 36.4 Å². The number of aromatic nitrogens is 3. The second-order valence-electron chi connectivity index (χ2n) is 7.93. The summed E-state index contributed by atoms with van der Waals surface area (Å²) < 4.78 is 60.4. The van der Waals surface area contributed by atoms with Gasteiger partial charge in [-0.15, -0.1) is 0 Å². The summed E-state index contributed by atoms with van der Waals surface area (Å²) in [5.41, 5.74) is -0.371. The number of alkyl halides is 3. The second kappa shape index (κ2) is 9.07. The van der Waals surface area contributed by atoms with Crippen LogP contribution in [0.15, 0.2) is 47.1 Å². The van der Waals surface area contributed by atoms with Crippen LogP contribution in [0.5, 0.6) is 0 Å². The molecule has 1 aromatic carbocycles. The third-order valence-electron chi connectivity index (χ3n) is 5.53. The van der Waals surface area contributed by atoms with E-state index in [-0.39, 0.29) is 29.1 Å². The lowest BCUT2D eigenvalue weighted by Gasteiger charge is -2.22. The molecule has 0 radical (unpaired) electrons. The van der Waals surface area contributed by atoms with Gasteiger partial charge >= 0.3 is 6.18 Å². The van der Waals surface area contributed by atoms with E-state index in [2.05, 4.69) is 15.4 Å². The van der Waals surface area contributed by atoms with Crippen molar-refractivity contribution in [3.05, 3.63) is 59.7 Å². The van der Waals surface area contributed by atoms with Crippen molar-refractivity contribution >= 4 is 27.8 Å². The van der Waals surface area contributed by atoms with Crippen LogP contribution in [0.25, 0.3) is 21.9 Å². The van der Waals surface area contributed by atoms with Gasteiger partial charge in [-0.3, -0.25) is 14.5 Å². The van der Waals surface area contributed by atoms with E-state index in [9.17, 15) is 18.0 Å². The monoisotopic (exact) mass is 474 g/mol. The van der Waals surface area contributed by atoms with Gasteiger partial charge < -0.3 is 19.2 Å². The third-order valence-corrected chi connectivity index (χ3v) is 5.53. The maximum atomic E-state index is 14.1. The number of hydrogen-bond acceptors (Lipinski definition) is 6. The lowest BCUT2D eigenvalue weighted by molar-refractivity contribution is -0.137. The van der Waals surface area contributed by atoms with E-state index in [1.165, 1.54) is 10.7 Å². The van der Waals surface area contributed by atoms with Crippen molar-refractivity contribution < 1.29 is 31.9 Å². The van der Waals surface area contributed by atoms with Crippen molar-refractivity contribution in [1.82, 2.24) is 20.1 Å². The van der Waals surface area contributed by atoms with Crippen LogP contribution in [0.2, 0.25) is 0 Å². The van der Waals surface area contributed by atoms with Crippen LogP contribution in [0, 0.1) is 0 Å². The van der Waals surface area contributed by atoms with Crippen LogP contribution >= 0.6 is 0 Å². The molecule has 11 heteroatoms. The van der Waals surface area contributed by atoms with E-state index in [0.717, 1.165) is 0 Å². The van der Waals surface area contributed by atoms with E-state index in [1.807, 2.05) is 0 Å². The highest BCUT2D eigenvalue weighted by Crippen LogP contribution is 2.42. The molecule has 1 N–H and O–H groups in total. The summed E-state index contributed by atoms with van der Waals surface area (Å²) in [6.07, 6.45) is -1.44. The third kappa shape index (κ3) is 4.48. The summed E-state index contributed by atoms with van der Waals surface area (Å²) in [5.74, 6) is -1.73. The van der Waals surface area contributed by atoms with Crippen molar-refractivity contribution in [2.75, 3.05) is 26.4 Å². The number of hydrogen-bond donors (Lipinski definition) is 1. The summed E-state index contributed by atoms with van der Waals surface area (Å²) in [5, 5.41) is 7.13. The van der Waals surface area contributed by atoms with E-state index >= 15 is 0 Å². The fourth-order valence-electron chi connectivity index (χ4n) is 4.02. The van der Waals surface area contributed by atoms with Gasteiger partial charge in [0.1, 0.15) is 22.8 Å². The zero-order valence-electron chi connectivity index (χ0n) is 18.0. The minimum Gasteiger partial charge on any atom is -0.450 e. The molecule has 0 aliphatic carbocycles. The van der Waals surface area contributed by atoms with Gasteiger partial charge in [0.2, 0.25) is 5.76 Å². The zero-order valence-corrected chi connectivity index (χ0v) is 18.0. The van der Waals surface area contributed by atoms with Crippen molar-refractivity contribution in [2.24, 2.45) is 0 Å². The van der Waals surface area contributed by atoms with Crippen molar-refractivity contribution in [3.8, 4) is 0 Å². The predicted octanol–water partition coefficient (Wildman–Crippen LogP) is 3.58. The van der Waals surface area contributed by atoms with Gasteiger partial charge in [0.15, 0.2) is 0 Å². The average Bonchev–Trinajstić information content (AvgIpc) is 3.41. The first kappa shape index (κ1) is 22.4. The molecular weight excluding hydrogens is 453 g/mol. The molecule has 34 heavy (non-hydrogen) atoms. The summed E-state index contributed by atoms with van der Waals surface area (Å²) in [6, 6.07) is 8.36. The molecule has 1 aliphatic heterocycles. The minimum absolute atomic E-state index is 0.0581. The van der Waals surface area contributed by atoms with Gasteiger partial charge in [-0.2, -0.15) is 18.3 Å². The van der Waals surface area contributed by atoms with Gasteiger partial charge in [-0.1, -0.05) is 6.07 Å². The first-order valence-corrected chi connectivity index (χ1v) is 10.8. The first-order chi connectivity index (χ1) is 16.4. The molecule has 0 spiro atoms. The maximum absolute atomic E-state index is 14.1. The highest BCUT2D eigenvalue weighted by molar-refractivity contribution is 6.09. The Balaban J connectivity index is 1.47. The summed E-state index contributed by atoms with van der Waals surface area (Å²) in [4.78, 5) is 16.8. The largest absolute Gasteiger partial charge is 0.450 e. The Morgan fingerprint density at radius 1 is 1.21 bits per heavy atom. The number of carbonyl (C=O) groups excluding carboxylic acids is 1. The van der Waals surface area contributed by atoms with Crippen molar-refractivity contribution in [2.45, 2.75) is 25.2 Å². The van der Waals surface area contributed by atoms with E-state index in [1.54, 1.807) is 36.7 Å². The SMILES string of the molecule is O=C(NCCc1ccccn1)c1oc2ccc3cn(C[C@H]4COCCO4)nc3c2c1C(F)(F)F. The van der Waals surface area contributed by atoms with E-state index < -0.39 is 23.4 Å². The normalized spacial score (nSPS) is 16.9. The van der Waals surface area contributed by atoms with Gasteiger partial charge in [0.25, 0.3) is 5.91 Å². The Labute approximate surface area is 191 Å². The Hall–Kier alpha value is -3.44. The second-order valence-corrected chi connectivity index (χ2v) is 7.93. The molecule has 1 saturated heterocycles. The van der Waals surface area contributed by atoms with Gasteiger partial charge in [0.05, 0.1) is 31.8 Å². The summed E-state index contributed by atoms with van der Waals surface area (Å²) in [7, 11) is 0. The molecular formula is C23H21F3N4O4. The van der Waals surface area contributed by atoms with Crippen LogP contribution in [0.1, 0.15) is 21.8 Å². The number of furan rings is 1. The minimum atomic E-state index is -4.82. The number of carbonyl (C=O) groups is 1. The number of rotatable bonds is 6. The molecule has 0 bridgehead atoms. The Kier molecular flexibility index (Phi) is 5.96. The standard InChI is InChI=1S/C23H21F3N4O4/c24-23(25,26)19-18-17(34-21(19)22(31)28-8-6-15-3-1-2-7-27-15)5-4-14-11-30(29-20(14)18)12-16-13-32-9-10-33-16/h1-5,7,11,16H,6,8-10,12-13H2,(H,28,31)/t16-/m0/s1. The highest BCUT2D eigenvalue weighted by atomic mass is 19.4. The van der Waals surface area contributed by atoms with Crippen molar-refractivity contribution in [1.29, 1.82) is 0 Å². The highest BCUT2D eigenvalue weighted by Gasteiger charge is 2.41. The number of pyridine rings is 1. The Morgan fingerprint density at radius 3 is 2.82 bits per heavy atom. The van der Waals surface area contributed by atoms with Gasteiger partial charge in [-0.25, -0.2) is 0 Å². The van der Waals surface area contributed by atoms with E-state index in [0.29, 0.717) is 43.9 Å². The quantitative estimate of drug-likeness (QED) is 0.459. The Morgan fingerprint density at radius 2 is 2.09 bits per heavy atom. The molecule has 4 aromatic rings. The van der Waals surface area contributed by atoms with Gasteiger partial charge in [-0.05, 0) is 24.3 Å². The van der Waals surface area contributed by atoms with Crippen LogP contribution in [-0.4, -0.2) is 53.1 Å². The van der Waals surface area contributed by atoms with Crippen LogP contribution in [0.3, 0.4) is 0 Å². The number of nitrogens with zero attached hydrogens (tertiary/aromatic N) is 3. The van der Waals surface area contributed by atoms with Crippen LogP contribution in [0.4, 0.5) is 13.2 Å². The van der Waals surface area contributed by atoms with E-state index in [4.69, 9.17) is 13.9 Å². The molecule has 1 amide bonds. The number of amides is 1. The molecule has 1 fully saturated rings. The molecule has 1 atom stereocenters. The fourth-order valence-corrected chi connectivity index (χ4v) is 4.02. The molecule has 0 unspecified atom stereocenters. The number of ether oxygens (including phenoxy) is 2. The van der Waals surface area contributed by atoms with Crippen LogP contribution < -0.4 is 5.32 Å². The zero-order chi connectivity index (χ0) is 23.7. The Bertz CT molecular complexity index is 1310. The fraction of sp³-hybridized carbons (Fsp3) is 0.348. The molecule has 3 aromatic heterocycles. The molecule has 1 aliphatic rings. The summed E-state index contributed by atoms with van der Waals surface area (Å²) >= 11 is 0. The molecule has 5 rings (SSSR count). The summed E-state index contributed by atoms with van der Waals surface area (Å²) in [6.45, 7) is 1.78. The number of fused-ring (bicyclic) bond motifs is 3. The molecule has 4 heterocycles.